The number of ether oxygens (including phenoxy) is 1. The SMILES string of the molecule is COC(=O)C1CCC(c2nnc(-c3ccc(C4CCNCC4)cc3)s2)CC1.Cl. The van der Waals surface area contributed by atoms with Gasteiger partial charge in [0, 0.05) is 11.5 Å². The molecule has 1 aromatic heterocycles. The molecule has 2 aromatic rings. The number of esters is 1. The number of carbonyl (C=O) groups excluding carboxylic acids is 1. The largest absolute Gasteiger partial charge is 0.469 e. The summed E-state index contributed by atoms with van der Waals surface area (Å²) in [7, 11) is 1.47. The second-order valence-corrected chi connectivity index (χ2v) is 8.67. The van der Waals surface area contributed by atoms with Crippen LogP contribution in [0.1, 0.15) is 60.9 Å². The van der Waals surface area contributed by atoms with Crippen LogP contribution >= 0.6 is 23.7 Å². The zero-order chi connectivity index (χ0) is 18.6. The maximum Gasteiger partial charge on any atom is 0.308 e. The zero-order valence-corrected chi connectivity index (χ0v) is 17.9. The minimum Gasteiger partial charge on any atom is -0.469 e. The monoisotopic (exact) mass is 421 g/mol. The van der Waals surface area contributed by atoms with Gasteiger partial charge in [0.15, 0.2) is 0 Å². The summed E-state index contributed by atoms with van der Waals surface area (Å²) in [5.74, 6) is 1.09. The van der Waals surface area contributed by atoms with Crippen molar-refractivity contribution in [3.63, 3.8) is 0 Å². The summed E-state index contributed by atoms with van der Waals surface area (Å²) in [5.41, 5.74) is 2.59. The van der Waals surface area contributed by atoms with Gasteiger partial charge in [-0.2, -0.15) is 0 Å². The van der Waals surface area contributed by atoms with E-state index in [-0.39, 0.29) is 24.3 Å². The van der Waals surface area contributed by atoms with Crippen LogP contribution in [-0.4, -0.2) is 36.4 Å². The molecule has 7 heteroatoms. The summed E-state index contributed by atoms with van der Waals surface area (Å²) >= 11 is 1.70. The van der Waals surface area contributed by atoms with E-state index >= 15 is 0 Å². The van der Waals surface area contributed by atoms with E-state index in [0.29, 0.717) is 11.8 Å². The predicted molar refractivity (Wildman–Crippen MR) is 114 cm³/mol. The molecule has 1 aliphatic carbocycles. The minimum atomic E-state index is -0.0692. The topological polar surface area (TPSA) is 64.1 Å². The van der Waals surface area contributed by atoms with E-state index in [9.17, 15) is 4.79 Å². The Morgan fingerprint density at radius 2 is 1.68 bits per heavy atom. The Morgan fingerprint density at radius 3 is 2.32 bits per heavy atom. The molecule has 0 bridgehead atoms. The molecule has 1 saturated heterocycles. The Labute approximate surface area is 176 Å². The van der Waals surface area contributed by atoms with Gasteiger partial charge in [-0.3, -0.25) is 4.79 Å². The van der Waals surface area contributed by atoms with Gasteiger partial charge >= 0.3 is 5.97 Å². The molecule has 1 aromatic carbocycles. The number of hydrogen-bond donors (Lipinski definition) is 1. The van der Waals surface area contributed by atoms with Crippen molar-refractivity contribution < 1.29 is 9.53 Å². The van der Waals surface area contributed by atoms with Gasteiger partial charge in [0.1, 0.15) is 10.0 Å². The molecule has 0 unspecified atom stereocenters. The molecule has 152 valence electrons. The van der Waals surface area contributed by atoms with Crippen molar-refractivity contribution in [2.45, 2.75) is 50.4 Å². The van der Waals surface area contributed by atoms with Crippen molar-refractivity contribution in [3.8, 4) is 10.6 Å². The van der Waals surface area contributed by atoms with Crippen LogP contribution in [0.3, 0.4) is 0 Å². The van der Waals surface area contributed by atoms with E-state index in [1.54, 1.807) is 11.3 Å². The van der Waals surface area contributed by atoms with Crippen LogP contribution in [0.2, 0.25) is 0 Å². The molecular formula is C21H28ClN3O2S. The van der Waals surface area contributed by atoms with Gasteiger partial charge in [0.25, 0.3) is 0 Å². The number of methoxy groups -OCH3 is 1. The van der Waals surface area contributed by atoms with Crippen LogP contribution in [0, 0.1) is 5.92 Å². The first-order valence-corrected chi connectivity index (χ1v) is 10.8. The summed E-state index contributed by atoms with van der Waals surface area (Å²) < 4.78 is 4.88. The van der Waals surface area contributed by atoms with E-state index in [4.69, 9.17) is 4.74 Å². The first-order valence-electron chi connectivity index (χ1n) is 9.97. The molecule has 0 atom stereocenters. The average Bonchev–Trinajstić information content (AvgIpc) is 3.24. The summed E-state index contributed by atoms with van der Waals surface area (Å²) in [4.78, 5) is 11.7. The fraction of sp³-hybridized carbons (Fsp3) is 0.571. The van der Waals surface area contributed by atoms with Crippen LogP contribution in [0.25, 0.3) is 10.6 Å². The number of nitrogens with zero attached hydrogens (tertiary/aromatic N) is 2. The number of aromatic nitrogens is 2. The van der Waals surface area contributed by atoms with Gasteiger partial charge in [-0.25, -0.2) is 0 Å². The molecule has 28 heavy (non-hydrogen) atoms. The summed E-state index contributed by atoms with van der Waals surface area (Å²) in [6, 6.07) is 8.90. The lowest BCUT2D eigenvalue weighted by Gasteiger charge is -2.25. The van der Waals surface area contributed by atoms with Gasteiger partial charge in [0.2, 0.25) is 0 Å². The Bertz CT molecular complexity index is 766. The first kappa shape index (κ1) is 21.2. The van der Waals surface area contributed by atoms with E-state index < -0.39 is 0 Å². The normalized spacial score (nSPS) is 23.0. The molecule has 2 aliphatic rings. The molecule has 0 amide bonds. The van der Waals surface area contributed by atoms with Crippen LogP contribution < -0.4 is 5.32 Å². The molecule has 1 aliphatic heterocycles. The van der Waals surface area contributed by atoms with Crippen LogP contribution in [0.15, 0.2) is 24.3 Å². The third-order valence-corrected chi connectivity index (χ3v) is 7.15. The first-order chi connectivity index (χ1) is 13.2. The van der Waals surface area contributed by atoms with Crippen molar-refractivity contribution >= 4 is 29.7 Å². The minimum absolute atomic E-state index is 0. The molecule has 4 rings (SSSR count). The van der Waals surface area contributed by atoms with Crippen LogP contribution in [0.4, 0.5) is 0 Å². The smallest absolute Gasteiger partial charge is 0.308 e. The van der Waals surface area contributed by atoms with Crippen molar-refractivity contribution in [2.24, 2.45) is 5.92 Å². The van der Waals surface area contributed by atoms with Gasteiger partial charge in [-0.15, -0.1) is 22.6 Å². The lowest BCUT2D eigenvalue weighted by Crippen LogP contribution is -2.26. The second-order valence-electron chi connectivity index (χ2n) is 7.66. The lowest BCUT2D eigenvalue weighted by molar-refractivity contribution is -0.146. The highest BCUT2D eigenvalue weighted by molar-refractivity contribution is 7.14. The summed E-state index contributed by atoms with van der Waals surface area (Å²) in [6.45, 7) is 2.23. The van der Waals surface area contributed by atoms with Gasteiger partial charge < -0.3 is 10.1 Å². The van der Waals surface area contributed by atoms with Gasteiger partial charge in [-0.1, -0.05) is 35.6 Å². The fourth-order valence-electron chi connectivity index (χ4n) is 4.31. The average molecular weight is 422 g/mol. The van der Waals surface area contributed by atoms with Crippen molar-refractivity contribution in [2.75, 3.05) is 20.2 Å². The van der Waals surface area contributed by atoms with Crippen LogP contribution in [0.5, 0.6) is 0 Å². The molecule has 0 radical (unpaired) electrons. The number of piperidine rings is 1. The quantitative estimate of drug-likeness (QED) is 0.734. The Morgan fingerprint density at radius 1 is 1.00 bits per heavy atom. The van der Waals surface area contributed by atoms with Crippen molar-refractivity contribution in [3.05, 3.63) is 34.8 Å². The van der Waals surface area contributed by atoms with E-state index in [1.165, 1.54) is 25.5 Å². The fourth-order valence-corrected chi connectivity index (χ4v) is 5.33. The number of nitrogens with one attached hydrogen (secondary N) is 1. The summed E-state index contributed by atoms with van der Waals surface area (Å²) in [5, 5.41) is 14.4. The van der Waals surface area contributed by atoms with Gasteiger partial charge in [-0.05, 0) is 63.1 Å². The number of rotatable bonds is 4. The van der Waals surface area contributed by atoms with E-state index in [2.05, 4.69) is 39.8 Å². The molecule has 0 spiro atoms. The van der Waals surface area contributed by atoms with E-state index in [1.807, 2.05) is 0 Å². The van der Waals surface area contributed by atoms with Crippen LogP contribution in [-0.2, 0) is 9.53 Å². The number of benzene rings is 1. The highest BCUT2D eigenvalue weighted by atomic mass is 35.5. The molecular weight excluding hydrogens is 394 g/mol. The standard InChI is InChI=1S/C21H27N3O2S.ClH/c1-26-21(25)18-8-6-17(7-9-18)20-24-23-19(27-20)16-4-2-14(3-5-16)15-10-12-22-13-11-15;/h2-5,15,17-18,22H,6-13H2,1H3;1H. The number of halogens is 1. The zero-order valence-electron chi connectivity index (χ0n) is 16.2. The molecule has 2 fully saturated rings. The number of carbonyl (C=O) groups is 1. The summed E-state index contributed by atoms with van der Waals surface area (Å²) in [6.07, 6.45) is 6.19. The highest BCUT2D eigenvalue weighted by Crippen LogP contribution is 2.39. The van der Waals surface area contributed by atoms with Crippen molar-refractivity contribution in [1.82, 2.24) is 15.5 Å². The predicted octanol–water partition coefficient (Wildman–Crippen LogP) is 4.54. The Balaban J connectivity index is 0.00000225. The van der Waals surface area contributed by atoms with E-state index in [0.717, 1.165) is 54.4 Å². The molecule has 5 nitrogen and oxygen atoms in total. The second kappa shape index (κ2) is 9.81. The molecule has 1 N–H and O–H groups in total. The van der Waals surface area contributed by atoms with Crippen molar-refractivity contribution in [1.29, 1.82) is 0 Å². The Hall–Kier alpha value is -1.50. The number of hydrogen-bond acceptors (Lipinski definition) is 6. The maximum absolute atomic E-state index is 11.7. The van der Waals surface area contributed by atoms with Gasteiger partial charge in [0.05, 0.1) is 13.0 Å². The molecule has 1 saturated carbocycles. The Kier molecular flexibility index (Phi) is 7.43. The third-order valence-electron chi connectivity index (χ3n) is 6.02. The maximum atomic E-state index is 11.7. The highest BCUT2D eigenvalue weighted by Gasteiger charge is 2.29. The lowest BCUT2D eigenvalue weighted by atomic mass is 9.82. The molecule has 2 heterocycles. The third kappa shape index (κ3) is 4.73.